The maximum Gasteiger partial charge on any atom is 0.185 e. The van der Waals surface area contributed by atoms with E-state index in [0.29, 0.717) is 22.9 Å². The molecule has 0 aliphatic heterocycles. The molecule has 0 atom stereocenters. The number of nitrogens with one attached hydrogen (secondary N) is 1. The Morgan fingerprint density at radius 2 is 2.05 bits per heavy atom. The van der Waals surface area contributed by atoms with Gasteiger partial charge in [-0.1, -0.05) is 22.0 Å². The molecule has 0 aliphatic rings. The number of benzene rings is 1. The minimum Gasteiger partial charge on any atom is -0.507 e. The standard InChI is InChI=1S/C13H9BrN4O/c14-8-4-5-11(19)9(7-8)12-16-13(18-17-12)10-3-1-2-6-15-10/h1-7,19H,(H,16,17,18). The Morgan fingerprint density at radius 1 is 1.16 bits per heavy atom. The first kappa shape index (κ1) is 11.9. The second kappa shape index (κ2) is 4.81. The molecule has 0 saturated carbocycles. The van der Waals surface area contributed by atoms with Crippen molar-refractivity contribution in [3.05, 3.63) is 47.1 Å². The highest BCUT2D eigenvalue weighted by Crippen LogP contribution is 2.30. The van der Waals surface area contributed by atoms with Gasteiger partial charge in [0.1, 0.15) is 11.4 Å². The van der Waals surface area contributed by atoms with Crippen molar-refractivity contribution in [2.24, 2.45) is 0 Å². The minimum absolute atomic E-state index is 0.134. The molecule has 2 N–H and O–H groups in total. The summed E-state index contributed by atoms with van der Waals surface area (Å²) in [5.74, 6) is 1.13. The van der Waals surface area contributed by atoms with E-state index in [0.717, 1.165) is 4.47 Å². The number of pyridine rings is 1. The molecule has 3 aromatic rings. The Morgan fingerprint density at radius 3 is 2.84 bits per heavy atom. The van der Waals surface area contributed by atoms with Crippen LogP contribution in [0.5, 0.6) is 5.75 Å². The van der Waals surface area contributed by atoms with E-state index in [4.69, 9.17) is 0 Å². The third-order valence-electron chi connectivity index (χ3n) is 2.59. The van der Waals surface area contributed by atoms with Crippen molar-refractivity contribution < 1.29 is 5.11 Å². The quantitative estimate of drug-likeness (QED) is 0.762. The molecule has 3 rings (SSSR count). The molecule has 2 aromatic heterocycles. The Hall–Kier alpha value is -2.21. The van der Waals surface area contributed by atoms with E-state index in [1.807, 2.05) is 18.2 Å². The van der Waals surface area contributed by atoms with Gasteiger partial charge in [0, 0.05) is 10.7 Å². The van der Waals surface area contributed by atoms with Gasteiger partial charge in [0.25, 0.3) is 0 Å². The predicted octanol–water partition coefficient (Wildman–Crippen LogP) is 3.00. The van der Waals surface area contributed by atoms with Gasteiger partial charge in [-0.15, -0.1) is 0 Å². The first-order chi connectivity index (χ1) is 9.24. The number of phenolic OH excluding ortho intramolecular Hbond substituents is 1. The molecule has 0 spiro atoms. The van der Waals surface area contributed by atoms with Gasteiger partial charge in [0.05, 0.1) is 5.56 Å². The highest BCUT2D eigenvalue weighted by Gasteiger charge is 2.12. The summed E-state index contributed by atoms with van der Waals surface area (Å²) in [5, 5.41) is 16.8. The van der Waals surface area contributed by atoms with Crippen molar-refractivity contribution >= 4 is 15.9 Å². The lowest BCUT2D eigenvalue weighted by Gasteiger charge is -2.00. The van der Waals surface area contributed by atoms with Gasteiger partial charge in [-0.3, -0.25) is 10.1 Å². The predicted molar refractivity (Wildman–Crippen MR) is 74.4 cm³/mol. The molecule has 6 heteroatoms. The maximum absolute atomic E-state index is 9.84. The van der Waals surface area contributed by atoms with E-state index < -0.39 is 0 Å². The zero-order chi connectivity index (χ0) is 13.2. The molecule has 0 fully saturated rings. The van der Waals surface area contributed by atoms with Gasteiger partial charge in [0.15, 0.2) is 11.6 Å². The first-order valence-electron chi connectivity index (χ1n) is 5.57. The van der Waals surface area contributed by atoms with Gasteiger partial charge in [-0.05, 0) is 30.3 Å². The zero-order valence-corrected chi connectivity index (χ0v) is 11.3. The van der Waals surface area contributed by atoms with Crippen molar-refractivity contribution in [1.82, 2.24) is 20.2 Å². The summed E-state index contributed by atoms with van der Waals surface area (Å²) >= 11 is 3.36. The summed E-state index contributed by atoms with van der Waals surface area (Å²) in [4.78, 5) is 8.53. The van der Waals surface area contributed by atoms with Gasteiger partial charge >= 0.3 is 0 Å². The monoisotopic (exact) mass is 316 g/mol. The van der Waals surface area contributed by atoms with Crippen LogP contribution in [0.25, 0.3) is 22.9 Å². The fourth-order valence-electron chi connectivity index (χ4n) is 1.69. The summed E-state index contributed by atoms with van der Waals surface area (Å²) in [7, 11) is 0. The molecule has 0 aliphatic carbocycles. The van der Waals surface area contributed by atoms with Crippen molar-refractivity contribution in [2.75, 3.05) is 0 Å². The number of aromatic hydroxyl groups is 1. The highest BCUT2D eigenvalue weighted by atomic mass is 79.9. The highest BCUT2D eigenvalue weighted by molar-refractivity contribution is 9.10. The lowest BCUT2D eigenvalue weighted by molar-refractivity contribution is 0.477. The summed E-state index contributed by atoms with van der Waals surface area (Å²) in [6.45, 7) is 0. The Kier molecular flexibility index (Phi) is 3.00. The number of nitrogens with zero attached hydrogens (tertiary/aromatic N) is 3. The largest absolute Gasteiger partial charge is 0.507 e. The average Bonchev–Trinajstić information content (AvgIpc) is 2.92. The number of rotatable bonds is 2. The number of hydrogen-bond acceptors (Lipinski definition) is 4. The summed E-state index contributed by atoms with van der Waals surface area (Å²) in [5.41, 5.74) is 1.27. The molecular weight excluding hydrogens is 308 g/mol. The summed E-state index contributed by atoms with van der Waals surface area (Å²) < 4.78 is 0.851. The number of hydrogen-bond donors (Lipinski definition) is 2. The Bertz CT molecular complexity index is 712. The topological polar surface area (TPSA) is 74.7 Å². The molecule has 2 heterocycles. The molecule has 0 bridgehead atoms. The fraction of sp³-hybridized carbons (Fsp3) is 0. The number of halogens is 1. The number of aromatic nitrogens is 4. The second-order valence-corrected chi connectivity index (χ2v) is 4.80. The summed E-state index contributed by atoms with van der Waals surface area (Å²) in [6, 6.07) is 10.7. The van der Waals surface area contributed by atoms with E-state index in [-0.39, 0.29) is 5.75 Å². The van der Waals surface area contributed by atoms with E-state index >= 15 is 0 Å². The molecular formula is C13H9BrN4O. The van der Waals surface area contributed by atoms with Gasteiger partial charge in [0.2, 0.25) is 0 Å². The lowest BCUT2D eigenvalue weighted by atomic mass is 10.2. The fourth-order valence-corrected chi connectivity index (χ4v) is 2.05. The normalized spacial score (nSPS) is 10.6. The van der Waals surface area contributed by atoms with Crippen LogP contribution >= 0.6 is 15.9 Å². The Balaban J connectivity index is 2.04. The molecule has 0 radical (unpaired) electrons. The molecule has 94 valence electrons. The zero-order valence-electron chi connectivity index (χ0n) is 9.71. The SMILES string of the molecule is Oc1ccc(Br)cc1-c1n[nH]c(-c2ccccn2)n1. The van der Waals surface area contributed by atoms with Crippen LogP contribution in [0.3, 0.4) is 0 Å². The number of aromatic amines is 1. The van der Waals surface area contributed by atoms with Crippen LogP contribution in [-0.4, -0.2) is 25.3 Å². The second-order valence-electron chi connectivity index (χ2n) is 3.88. The number of H-pyrrole nitrogens is 1. The summed E-state index contributed by atoms with van der Waals surface area (Å²) in [6.07, 6.45) is 1.69. The van der Waals surface area contributed by atoms with E-state index in [1.165, 1.54) is 0 Å². The molecule has 1 aromatic carbocycles. The molecule has 0 amide bonds. The Labute approximate surface area is 117 Å². The average molecular weight is 317 g/mol. The van der Waals surface area contributed by atoms with Crippen LogP contribution in [0, 0.1) is 0 Å². The van der Waals surface area contributed by atoms with Crippen LogP contribution in [0.15, 0.2) is 47.1 Å². The molecule has 0 unspecified atom stereocenters. The maximum atomic E-state index is 9.84. The van der Waals surface area contributed by atoms with Crippen molar-refractivity contribution in [1.29, 1.82) is 0 Å². The van der Waals surface area contributed by atoms with E-state index in [2.05, 4.69) is 36.1 Å². The van der Waals surface area contributed by atoms with Crippen LogP contribution in [-0.2, 0) is 0 Å². The van der Waals surface area contributed by atoms with Crippen LogP contribution < -0.4 is 0 Å². The van der Waals surface area contributed by atoms with Crippen molar-refractivity contribution in [3.63, 3.8) is 0 Å². The molecule has 19 heavy (non-hydrogen) atoms. The molecule has 0 saturated heterocycles. The smallest absolute Gasteiger partial charge is 0.185 e. The van der Waals surface area contributed by atoms with Crippen molar-refractivity contribution in [3.8, 4) is 28.7 Å². The van der Waals surface area contributed by atoms with E-state index in [1.54, 1.807) is 24.4 Å². The van der Waals surface area contributed by atoms with Gasteiger partial charge in [-0.2, -0.15) is 5.10 Å². The number of phenols is 1. The van der Waals surface area contributed by atoms with Crippen LogP contribution in [0.2, 0.25) is 0 Å². The van der Waals surface area contributed by atoms with Crippen molar-refractivity contribution in [2.45, 2.75) is 0 Å². The lowest BCUT2D eigenvalue weighted by Crippen LogP contribution is -1.84. The van der Waals surface area contributed by atoms with Gasteiger partial charge < -0.3 is 5.11 Å². The van der Waals surface area contributed by atoms with Crippen LogP contribution in [0.4, 0.5) is 0 Å². The van der Waals surface area contributed by atoms with E-state index in [9.17, 15) is 5.11 Å². The molecule has 5 nitrogen and oxygen atoms in total. The first-order valence-corrected chi connectivity index (χ1v) is 6.36. The van der Waals surface area contributed by atoms with Gasteiger partial charge in [-0.25, -0.2) is 4.98 Å². The minimum atomic E-state index is 0.134. The van der Waals surface area contributed by atoms with Crippen LogP contribution in [0.1, 0.15) is 0 Å². The third-order valence-corrected chi connectivity index (χ3v) is 3.09. The third kappa shape index (κ3) is 2.34.